The Balaban J connectivity index is 0. The van der Waals surface area contributed by atoms with Crippen molar-refractivity contribution in [3.63, 3.8) is 0 Å². The standard InChI is InChI=1S/C9H18N.C9H11.Cu.Li/c1-8(2)6-5-7-9(3,4)10-8;1-7-4-8(2)6-9(3)5-7;;/h5-7H2,1-4H3;4-5H,1-3H3;;/q2*-1;2*+1. The van der Waals surface area contributed by atoms with Gasteiger partial charge in [0.25, 0.3) is 0 Å². The van der Waals surface area contributed by atoms with Crippen LogP contribution in [0.2, 0.25) is 0 Å². The zero-order valence-electron chi connectivity index (χ0n) is 15.0. The minimum absolute atomic E-state index is 0. The minimum Gasteiger partial charge on any atom is -0.652 e. The maximum atomic E-state index is 4.75. The van der Waals surface area contributed by atoms with E-state index in [2.05, 4.69) is 66.7 Å². The molecule has 1 aliphatic rings. The van der Waals surface area contributed by atoms with Crippen LogP contribution >= 0.6 is 0 Å². The molecule has 118 valence electrons. The fraction of sp³-hybridized carbons (Fsp3) is 0.667. The van der Waals surface area contributed by atoms with E-state index in [1.54, 1.807) is 0 Å². The Morgan fingerprint density at radius 1 is 0.905 bits per heavy atom. The Morgan fingerprint density at radius 2 is 1.29 bits per heavy atom. The van der Waals surface area contributed by atoms with E-state index in [-0.39, 0.29) is 47.0 Å². The van der Waals surface area contributed by atoms with E-state index < -0.39 is 0 Å². The largest absolute Gasteiger partial charge is 1.00 e. The van der Waals surface area contributed by atoms with E-state index in [0.29, 0.717) is 0 Å². The molecular weight excluding hydrogens is 301 g/mol. The van der Waals surface area contributed by atoms with Gasteiger partial charge in [-0.1, -0.05) is 67.7 Å². The van der Waals surface area contributed by atoms with Crippen LogP contribution in [0.4, 0.5) is 0 Å². The Kier molecular flexibility index (Phi) is 10.6. The van der Waals surface area contributed by atoms with Crippen LogP contribution in [0, 0.1) is 26.8 Å². The van der Waals surface area contributed by atoms with Gasteiger partial charge in [-0.2, -0.15) is 34.9 Å². The van der Waals surface area contributed by atoms with Gasteiger partial charge in [0.1, 0.15) is 0 Å². The summed E-state index contributed by atoms with van der Waals surface area (Å²) in [6.07, 6.45) is 3.86. The van der Waals surface area contributed by atoms with Crippen LogP contribution in [0.5, 0.6) is 0 Å². The van der Waals surface area contributed by atoms with Crippen LogP contribution in [0.3, 0.4) is 0 Å². The number of nitrogens with zero attached hydrogens (tertiary/aromatic N) is 1. The molecule has 0 aromatic heterocycles. The van der Waals surface area contributed by atoms with Gasteiger partial charge in [0.2, 0.25) is 0 Å². The molecule has 0 bridgehead atoms. The SMILES string of the molecule is CC1(C)CCCC(C)(C)[N-]1.Cc1[c-]c(C)cc(C)c1.[Cu+].[Li+]. The van der Waals surface area contributed by atoms with Crippen molar-refractivity contribution in [2.45, 2.75) is 78.8 Å². The van der Waals surface area contributed by atoms with Gasteiger partial charge in [0, 0.05) is 0 Å². The first-order valence-corrected chi connectivity index (χ1v) is 7.31. The van der Waals surface area contributed by atoms with Gasteiger partial charge in [0.05, 0.1) is 0 Å². The molecule has 1 saturated heterocycles. The van der Waals surface area contributed by atoms with Crippen molar-refractivity contribution in [1.82, 2.24) is 0 Å². The molecular formula is C18H29CuLiN. The maximum absolute atomic E-state index is 4.75. The van der Waals surface area contributed by atoms with Crippen molar-refractivity contribution in [1.29, 1.82) is 0 Å². The van der Waals surface area contributed by atoms with E-state index in [0.717, 1.165) is 0 Å². The number of aryl methyl sites for hydroxylation is 3. The van der Waals surface area contributed by atoms with Crippen LogP contribution < -0.4 is 18.9 Å². The second kappa shape index (κ2) is 9.44. The predicted molar refractivity (Wildman–Crippen MR) is 84.9 cm³/mol. The molecule has 1 heterocycles. The van der Waals surface area contributed by atoms with Crippen molar-refractivity contribution in [2.24, 2.45) is 0 Å². The van der Waals surface area contributed by atoms with Gasteiger partial charge < -0.3 is 5.32 Å². The fourth-order valence-electron chi connectivity index (χ4n) is 2.99. The zero-order valence-corrected chi connectivity index (χ0v) is 16.0. The van der Waals surface area contributed by atoms with E-state index in [9.17, 15) is 0 Å². The van der Waals surface area contributed by atoms with Crippen molar-refractivity contribution < 1.29 is 35.9 Å². The van der Waals surface area contributed by atoms with Gasteiger partial charge in [0.15, 0.2) is 0 Å². The Bertz CT molecular complexity index is 363. The third-order valence-electron chi connectivity index (χ3n) is 3.47. The first kappa shape index (κ1) is 23.6. The Labute approximate surface area is 154 Å². The van der Waals surface area contributed by atoms with Gasteiger partial charge in [-0.05, 0) is 0 Å². The summed E-state index contributed by atoms with van der Waals surface area (Å²) < 4.78 is 0. The quantitative estimate of drug-likeness (QED) is 0.513. The molecule has 0 aliphatic carbocycles. The van der Waals surface area contributed by atoms with Gasteiger partial charge in [-0.25, -0.2) is 0 Å². The molecule has 0 N–H and O–H groups in total. The molecule has 1 aromatic rings. The predicted octanol–water partition coefficient (Wildman–Crippen LogP) is 2.51. The molecule has 0 atom stereocenters. The number of benzene rings is 1. The van der Waals surface area contributed by atoms with Gasteiger partial charge in [-0.15, -0.1) is 11.1 Å². The summed E-state index contributed by atoms with van der Waals surface area (Å²) in [6.45, 7) is 15.2. The second-order valence-electron chi connectivity index (χ2n) is 7.11. The molecule has 0 spiro atoms. The van der Waals surface area contributed by atoms with Crippen LogP contribution in [-0.4, -0.2) is 11.1 Å². The van der Waals surface area contributed by atoms with Crippen LogP contribution in [0.25, 0.3) is 5.32 Å². The summed E-state index contributed by atoms with van der Waals surface area (Å²) in [6, 6.07) is 7.47. The molecule has 1 fully saturated rings. The molecule has 0 radical (unpaired) electrons. The van der Waals surface area contributed by atoms with Crippen molar-refractivity contribution >= 4 is 0 Å². The molecule has 0 amide bonds. The van der Waals surface area contributed by atoms with E-state index in [1.807, 2.05) is 0 Å². The summed E-state index contributed by atoms with van der Waals surface area (Å²) in [5, 5.41) is 4.75. The molecule has 0 unspecified atom stereocenters. The van der Waals surface area contributed by atoms with E-state index in [4.69, 9.17) is 5.32 Å². The molecule has 1 aliphatic heterocycles. The van der Waals surface area contributed by atoms with E-state index >= 15 is 0 Å². The van der Waals surface area contributed by atoms with Gasteiger partial charge in [-0.3, -0.25) is 0 Å². The van der Waals surface area contributed by atoms with E-state index in [1.165, 1.54) is 36.0 Å². The fourth-order valence-corrected chi connectivity index (χ4v) is 2.99. The summed E-state index contributed by atoms with van der Waals surface area (Å²) in [5.74, 6) is 0. The summed E-state index contributed by atoms with van der Waals surface area (Å²) in [5.41, 5.74) is 4.26. The van der Waals surface area contributed by atoms with Crippen molar-refractivity contribution in [3.05, 3.63) is 40.2 Å². The molecule has 1 aromatic carbocycles. The number of hydrogen-bond donors (Lipinski definition) is 0. The smallest absolute Gasteiger partial charge is 0.652 e. The van der Waals surface area contributed by atoms with Crippen LogP contribution in [0.1, 0.15) is 63.6 Å². The summed E-state index contributed by atoms with van der Waals surface area (Å²) >= 11 is 0. The third kappa shape index (κ3) is 9.83. The molecule has 3 heteroatoms. The molecule has 1 nitrogen and oxygen atoms in total. The zero-order chi connectivity index (χ0) is 14.7. The molecule has 2 rings (SSSR count). The van der Waals surface area contributed by atoms with Crippen LogP contribution in [-0.2, 0) is 17.1 Å². The average molecular weight is 330 g/mol. The monoisotopic (exact) mass is 329 g/mol. The average Bonchev–Trinajstić information content (AvgIpc) is 2.11. The molecule has 0 saturated carbocycles. The number of piperidine rings is 1. The first-order chi connectivity index (χ1) is 8.60. The minimum atomic E-state index is 0. The maximum Gasteiger partial charge on any atom is 1.00 e. The summed E-state index contributed by atoms with van der Waals surface area (Å²) in [4.78, 5) is 0. The molecule has 21 heavy (non-hydrogen) atoms. The van der Waals surface area contributed by atoms with Crippen molar-refractivity contribution in [3.8, 4) is 0 Å². The Morgan fingerprint density at radius 3 is 1.52 bits per heavy atom. The number of rotatable bonds is 0. The second-order valence-corrected chi connectivity index (χ2v) is 7.11. The van der Waals surface area contributed by atoms with Crippen molar-refractivity contribution in [2.75, 3.05) is 0 Å². The third-order valence-corrected chi connectivity index (χ3v) is 3.47. The van der Waals surface area contributed by atoms with Crippen LogP contribution in [0.15, 0.2) is 12.1 Å². The summed E-state index contributed by atoms with van der Waals surface area (Å²) in [7, 11) is 0. The first-order valence-electron chi connectivity index (χ1n) is 7.31. The van der Waals surface area contributed by atoms with Gasteiger partial charge >= 0.3 is 35.9 Å². The number of hydrogen-bond acceptors (Lipinski definition) is 0. The normalized spacial score (nSPS) is 18.4. The Hall–Kier alpha value is 0.297. The topological polar surface area (TPSA) is 14.1 Å².